The van der Waals surface area contributed by atoms with E-state index in [1.165, 1.54) is 6.07 Å². The van der Waals surface area contributed by atoms with Gasteiger partial charge in [-0.25, -0.2) is 9.37 Å². The highest BCUT2D eigenvalue weighted by molar-refractivity contribution is 9.10. The standard InChI is InChI=1S/C13H11BrFN3.2C2H6/c1-13(7-16,5-10-6-17-8-18-10)11-4-9(14)2-3-12(11)15;2*1-2/h2-4,6,8H,5H2,1H3,(H,17,18);2*1-2H3. The number of H-pyrrole nitrogens is 1. The number of hydrogen-bond donors (Lipinski definition) is 1. The summed E-state index contributed by atoms with van der Waals surface area (Å²) in [4.78, 5) is 6.84. The summed E-state index contributed by atoms with van der Waals surface area (Å²) in [6, 6.07) is 6.82. The maximum atomic E-state index is 13.9. The van der Waals surface area contributed by atoms with Crippen LogP contribution in [-0.2, 0) is 11.8 Å². The highest BCUT2D eigenvalue weighted by atomic mass is 79.9. The minimum atomic E-state index is -0.930. The Balaban J connectivity index is 0.00000102. The van der Waals surface area contributed by atoms with E-state index < -0.39 is 5.41 Å². The fraction of sp³-hybridized carbons (Fsp3) is 0.412. The van der Waals surface area contributed by atoms with Crippen LogP contribution in [-0.4, -0.2) is 9.97 Å². The second-order valence-corrected chi connectivity index (χ2v) is 5.24. The molecule has 1 unspecified atom stereocenters. The molecule has 0 saturated carbocycles. The van der Waals surface area contributed by atoms with Crippen LogP contribution in [0.4, 0.5) is 4.39 Å². The number of aromatic nitrogens is 2. The summed E-state index contributed by atoms with van der Waals surface area (Å²) in [5.74, 6) is -0.373. The number of hydrogen-bond acceptors (Lipinski definition) is 2. The maximum Gasteiger partial charge on any atom is 0.128 e. The van der Waals surface area contributed by atoms with Crippen molar-refractivity contribution in [3.63, 3.8) is 0 Å². The highest BCUT2D eigenvalue weighted by Crippen LogP contribution is 2.31. The Labute approximate surface area is 140 Å². The molecule has 0 aliphatic heterocycles. The second-order valence-electron chi connectivity index (χ2n) is 4.32. The molecule has 0 spiro atoms. The Hall–Kier alpha value is -1.67. The van der Waals surface area contributed by atoms with Gasteiger partial charge in [-0.05, 0) is 25.1 Å². The zero-order valence-corrected chi connectivity index (χ0v) is 15.3. The van der Waals surface area contributed by atoms with Crippen molar-refractivity contribution in [3.8, 4) is 6.07 Å². The molecule has 0 fully saturated rings. The van der Waals surface area contributed by atoms with Crippen LogP contribution in [0, 0.1) is 17.1 Å². The summed E-state index contributed by atoms with van der Waals surface area (Å²) in [5, 5.41) is 9.39. The van der Waals surface area contributed by atoms with E-state index in [1.807, 2.05) is 27.7 Å². The number of nitriles is 1. The molecule has 22 heavy (non-hydrogen) atoms. The van der Waals surface area contributed by atoms with Gasteiger partial charge in [0.05, 0.1) is 17.8 Å². The minimum absolute atomic E-state index is 0.373. The van der Waals surface area contributed by atoms with Crippen molar-refractivity contribution in [1.82, 2.24) is 9.97 Å². The largest absolute Gasteiger partial charge is 0.348 e. The van der Waals surface area contributed by atoms with Gasteiger partial charge in [-0.1, -0.05) is 43.6 Å². The number of nitrogens with one attached hydrogen (secondary N) is 1. The lowest BCUT2D eigenvalue weighted by Gasteiger charge is -2.22. The average molecular weight is 368 g/mol. The van der Waals surface area contributed by atoms with Gasteiger partial charge in [0, 0.05) is 28.3 Å². The zero-order valence-electron chi connectivity index (χ0n) is 13.7. The molecule has 2 rings (SSSR count). The molecule has 1 N–H and O–H groups in total. The third-order valence-corrected chi connectivity index (χ3v) is 3.36. The Morgan fingerprint density at radius 3 is 2.45 bits per heavy atom. The molecule has 120 valence electrons. The van der Waals surface area contributed by atoms with E-state index in [0.29, 0.717) is 12.0 Å². The maximum absolute atomic E-state index is 13.9. The molecular formula is C17H23BrFN3. The molecule has 0 radical (unpaired) electrons. The Morgan fingerprint density at radius 2 is 1.95 bits per heavy atom. The van der Waals surface area contributed by atoms with Gasteiger partial charge in [-0.15, -0.1) is 0 Å². The number of aromatic amines is 1. The first kappa shape index (κ1) is 20.3. The molecule has 0 bridgehead atoms. The van der Waals surface area contributed by atoms with E-state index in [0.717, 1.165) is 10.2 Å². The monoisotopic (exact) mass is 367 g/mol. The van der Waals surface area contributed by atoms with Crippen LogP contribution >= 0.6 is 15.9 Å². The molecule has 0 aliphatic carbocycles. The topological polar surface area (TPSA) is 52.5 Å². The quantitative estimate of drug-likeness (QED) is 0.790. The van der Waals surface area contributed by atoms with Gasteiger partial charge < -0.3 is 4.98 Å². The van der Waals surface area contributed by atoms with Crippen LogP contribution in [0.5, 0.6) is 0 Å². The number of imidazole rings is 1. The summed E-state index contributed by atoms with van der Waals surface area (Å²) < 4.78 is 14.6. The van der Waals surface area contributed by atoms with Crippen molar-refractivity contribution in [3.05, 3.63) is 52.3 Å². The lowest BCUT2D eigenvalue weighted by molar-refractivity contribution is 0.530. The van der Waals surface area contributed by atoms with Crippen LogP contribution in [0.3, 0.4) is 0 Å². The third-order valence-electron chi connectivity index (χ3n) is 2.87. The van der Waals surface area contributed by atoms with Gasteiger partial charge in [-0.3, -0.25) is 0 Å². The Morgan fingerprint density at radius 1 is 1.32 bits per heavy atom. The summed E-state index contributed by atoms with van der Waals surface area (Å²) >= 11 is 3.30. The fourth-order valence-corrected chi connectivity index (χ4v) is 2.24. The van der Waals surface area contributed by atoms with Crippen molar-refractivity contribution in [2.45, 2.75) is 46.5 Å². The second kappa shape index (κ2) is 10.1. The average Bonchev–Trinajstić information content (AvgIpc) is 3.06. The van der Waals surface area contributed by atoms with Gasteiger partial charge >= 0.3 is 0 Å². The fourth-order valence-electron chi connectivity index (χ4n) is 1.88. The molecule has 0 amide bonds. The molecule has 1 aromatic carbocycles. The summed E-state index contributed by atoms with van der Waals surface area (Å²) in [5.41, 5.74) is 0.257. The van der Waals surface area contributed by atoms with Crippen molar-refractivity contribution >= 4 is 15.9 Å². The number of halogens is 2. The number of rotatable bonds is 3. The molecule has 0 aliphatic rings. The SMILES string of the molecule is CC.CC.CC(C#N)(Cc1cnc[nH]1)c1cc(Br)ccc1F. The van der Waals surface area contributed by atoms with E-state index in [4.69, 9.17) is 0 Å². The molecule has 5 heteroatoms. The van der Waals surface area contributed by atoms with E-state index in [9.17, 15) is 9.65 Å². The summed E-state index contributed by atoms with van der Waals surface area (Å²) in [6.45, 7) is 9.72. The summed E-state index contributed by atoms with van der Waals surface area (Å²) in [6.07, 6.45) is 3.58. The molecule has 1 aromatic heterocycles. The van der Waals surface area contributed by atoms with Crippen molar-refractivity contribution in [2.75, 3.05) is 0 Å². The van der Waals surface area contributed by atoms with Gasteiger partial charge in [0.1, 0.15) is 5.82 Å². The summed E-state index contributed by atoms with van der Waals surface area (Å²) in [7, 11) is 0. The number of nitrogens with zero attached hydrogens (tertiary/aromatic N) is 2. The molecule has 1 atom stereocenters. The molecule has 3 nitrogen and oxygen atoms in total. The van der Waals surface area contributed by atoms with Crippen LogP contribution < -0.4 is 0 Å². The van der Waals surface area contributed by atoms with Crippen molar-refractivity contribution in [1.29, 1.82) is 5.26 Å². The molecule has 0 saturated heterocycles. The van der Waals surface area contributed by atoms with Crippen LogP contribution in [0.25, 0.3) is 0 Å². The molecular weight excluding hydrogens is 345 g/mol. The van der Waals surface area contributed by atoms with E-state index >= 15 is 0 Å². The first-order valence-electron chi connectivity index (χ1n) is 7.39. The Bertz CT molecular complexity index is 590. The van der Waals surface area contributed by atoms with Crippen molar-refractivity contribution in [2.24, 2.45) is 0 Å². The van der Waals surface area contributed by atoms with Crippen LogP contribution in [0.15, 0.2) is 35.2 Å². The predicted octanol–water partition coefficient (Wildman–Crippen LogP) is 5.39. The lowest BCUT2D eigenvalue weighted by atomic mass is 9.80. The van der Waals surface area contributed by atoms with Gasteiger partial charge in [-0.2, -0.15) is 5.26 Å². The van der Waals surface area contributed by atoms with Crippen LogP contribution in [0.1, 0.15) is 45.9 Å². The Kier molecular flexibility index (Phi) is 9.35. The smallest absolute Gasteiger partial charge is 0.128 e. The predicted molar refractivity (Wildman–Crippen MR) is 92.1 cm³/mol. The van der Waals surface area contributed by atoms with Gasteiger partial charge in [0.15, 0.2) is 0 Å². The molecule has 2 aromatic rings. The number of benzene rings is 1. The lowest BCUT2D eigenvalue weighted by Crippen LogP contribution is -2.24. The minimum Gasteiger partial charge on any atom is -0.348 e. The van der Waals surface area contributed by atoms with Crippen molar-refractivity contribution < 1.29 is 4.39 Å². The zero-order chi connectivity index (χ0) is 17.2. The first-order chi connectivity index (χ1) is 10.5. The third kappa shape index (κ3) is 5.27. The van der Waals surface area contributed by atoms with Gasteiger partial charge in [0.2, 0.25) is 0 Å². The highest BCUT2D eigenvalue weighted by Gasteiger charge is 2.30. The van der Waals surface area contributed by atoms with E-state index in [2.05, 4.69) is 32.0 Å². The molecule has 1 heterocycles. The van der Waals surface area contributed by atoms with Gasteiger partial charge in [0.25, 0.3) is 0 Å². The van der Waals surface area contributed by atoms with Crippen LogP contribution in [0.2, 0.25) is 0 Å². The first-order valence-corrected chi connectivity index (χ1v) is 8.18. The van der Waals surface area contributed by atoms with E-state index in [-0.39, 0.29) is 5.82 Å². The normalized spacial score (nSPS) is 11.9. The van der Waals surface area contributed by atoms with E-state index in [1.54, 1.807) is 31.6 Å².